The Morgan fingerprint density at radius 1 is 1.04 bits per heavy atom. The van der Waals surface area contributed by atoms with Gasteiger partial charge in [0.15, 0.2) is 0 Å². The van der Waals surface area contributed by atoms with Crippen LogP contribution in [-0.2, 0) is 11.5 Å². The minimum Gasteiger partial charge on any atom is -0.508 e. The van der Waals surface area contributed by atoms with Gasteiger partial charge in [-0.2, -0.15) is 11.8 Å². The van der Waals surface area contributed by atoms with Crippen LogP contribution in [0, 0.1) is 13.8 Å². The summed E-state index contributed by atoms with van der Waals surface area (Å²) in [5, 5.41) is 10.7. The van der Waals surface area contributed by atoms with Gasteiger partial charge >= 0.3 is 5.63 Å². The summed E-state index contributed by atoms with van der Waals surface area (Å²) in [4.78, 5) is 11.8. The number of rotatable bonds is 4. The molecule has 0 aliphatic heterocycles. The van der Waals surface area contributed by atoms with Crippen molar-refractivity contribution in [2.24, 2.45) is 0 Å². The lowest BCUT2D eigenvalue weighted by Crippen LogP contribution is -2.01. The van der Waals surface area contributed by atoms with Crippen LogP contribution in [0.3, 0.4) is 0 Å². The summed E-state index contributed by atoms with van der Waals surface area (Å²) in [5.74, 6) is 1.76. The highest BCUT2D eigenvalue weighted by molar-refractivity contribution is 7.97. The molecule has 0 spiro atoms. The van der Waals surface area contributed by atoms with E-state index in [0.717, 1.165) is 22.5 Å². The van der Waals surface area contributed by atoms with Crippen molar-refractivity contribution >= 4 is 22.7 Å². The number of fused-ring (bicyclic) bond motifs is 1. The van der Waals surface area contributed by atoms with Gasteiger partial charge in [-0.25, -0.2) is 4.79 Å². The monoisotopic (exact) mass is 326 g/mol. The molecule has 0 aliphatic carbocycles. The number of hydrogen-bond donors (Lipinski definition) is 1. The first-order valence-corrected chi connectivity index (χ1v) is 8.59. The van der Waals surface area contributed by atoms with Gasteiger partial charge in [0.05, 0.1) is 0 Å². The molecule has 0 fully saturated rings. The van der Waals surface area contributed by atoms with Gasteiger partial charge < -0.3 is 9.52 Å². The van der Waals surface area contributed by atoms with Gasteiger partial charge in [0, 0.05) is 28.5 Å². The summed E-state index contributed by atoms with van der Waals surface area (Å²) >= 11 is 1.76. The van der Waals surface area contributed by atoms with E-state index < -0.39 is 0 Å². The highest BCUT2D eigenvalue weighted by atomic mass is 32.2. The minimum atomic E-state index is -0.377. The van der Waals surface area contributed by atoms with Gasteiger partial charge in [-0.05, 0) is 42.7 Å². The topological polar surface area (TPSA) is 50.4 Å². The highest BCUT2D eigenvalue weighted by Crippen LogP contribution is 2.29. The normalized spacial score (nSPS) is 11.0. The Morgan fingerprint density at radius 3 is 2.57 bits per heavy atom. The van der Waals surface area contributed by atoms with Crippen molar-refractivity contribution in [3.05, 3.63) is 75.1 Å². The number of hydrogen-bond acceptors (Lipinski definition) is 4. The van der Waals surface area contributed by atoms with Crippen molar-refractivity contribution in [1.82, 2.24) is 0 Å². The second-order valence-electron chi connectivity index (χ2n) is 5.60. The van der Waals surface area contributed by atoms with Gasteiger partial charge in [0.25, 0.3) is 0 Å². The number of aryl methyl sites for hydroxylation is 2. The molecule has 2 aromatic carbocycles. The largest absolute Gasteiger partial charge is 0.508 e. The zero-order chi connectivity index (χ0) is 16.4. The summed E-state index contributed by atoms with van der Waals surface area (Å²) in [7, 11) is 0. The molecular formula is C19H18O3S. The average Bonchev–Trinajstić information content (AvgIpc) is 2.53. The lowest BCUT2D eigenvalue weighted by Gasteiger charge is -2.09. The minimum absolute atomic E-state index is 0.144. The van der Waals surface area contributed by atoms with E-state index in [0.29, 0.717) is 11.1 Å². The first-order chi connectivity index (χ1) is 11.1. The third-order valence-electron chi connectivity index (χ3n) is 3.99. The van der Waals surface area contributed by atoms with Crippen LogP contribution in [0.4, 0.5) is 0 Å². The maximum atomic E-state index is 11.8. The van der Waals surface area contributed by atoms with Crippen LogP contribution in [0.2, 0.25) is 0 Å². The van der Waals surface area contributed by atoms with E-state index in [1.54, 1.807) is 30.8 Å². The second kappa shape index (κ2) is 6.50. The van der Waals surface area contributed by atoms with Gasteiger partial charge in [-0.1, -0.05) is 24.3 Å². The van der Waals surface area contributed by atoms with Crippen molar-refractivity contribution < 1.29 is 9.52 Å². The molecule has 3 nitrogen and oxygen atoms in total. The Labute approximate surface area is 139 Å². The van der Waals surface area contributed by atoms with E-state index in [2.05, 4.69) is 19.1 Å². The highest BCUT2D eigenvalue weighted by Gasteiger charge is 2.11. The molecule has 118 valence electrons. The molecule has 1 N–H and O–H groups in total. The van der Waals surface area contributed by atoms with E-state index in [9.17, 15) is 9.90 Å². The molecule has 3 rings (SSSR count). The predicted molar refractivity (Wildman–Crippen MR) is 95.1 cm³/mol. The van der Waals surface area contributed by atoms with E-state index >= 15 is 0 Å². The van der Waals surface area contributed by atoms with Gasteiger partial charge in [-0.15, -0.1) is 0 Å². The molecule has 0 aliphatic rings. The quantitative estimate of drug-likeness (QED) is 0.715. The third kappa shape index (κ3) is 3.27. The Kier molecular flexibility index (Phi) is 4.44. The summed E-state index contributed by atoms with van der Waals surface area (Å²) < 4.78 is 5.27. The fraction of sp³-hybridized carbons (Fsp3) is 0.211. The van der Waals surface area contributed by atoms with Crippen LogP contribution in [0.25, 0.3) is 11.0 Å². The number of phenolic OH excluding ortho intramolecular Hbond substituents is 1. The predicted octanol–water partition coefficient (Wildman–Crippen LogP) is 4.55. The fourth-order valence-electron chi connectivity index (χ4n) is 2.58. The molecule has 0 bridgehead atoms. The van der Waals surface area contributed by atoms with Crippen LogP contribution in [0.1, 0.15) is 22.3 Å². The van der Waals surface area contributed by atoms with Crippen molar-refractivity contribution in [3.8, 4) is 5.75 Å². The van der Waals surface area contributed by atoms with Crippen LogP contribution < -0.4 is 5.63 Å². The Bertz CT molecular complexity index is 912. The number of phenols is 1. The van der Waals surface area contributed by atoms with Crippen LogP contribution in [0.5, 0.6) is 5.75 Å². The maximum Gasteiger partial charge on any atom is 0.336 e. The number of thioether (sulfide) groups is 1. The summed E-state index contributed by atoms with van der Waals surface area (Å²) in [6.45, 7) is 3.86. The van der Waals surface area contributed by atoms with Gasteiger partial charge in [0.2, 0.25) is 0 Å². The molecule has 3 aromatic rings. The van der Waals surface area contributed by atoms with Crippen LogP contribution >= 0.6 is 11.8 Å². The summed E-state index contributed by atoms with van der Waals surface area (Å²) in [6.07, 6.45) is 0. The average molecular weight is 326 g/mol. The standard InChI is InChI=1S/C19H18O3S/c1-12-5-3-4-6-14(12)10-23-11-15-9-18(21)22-19-13(2)17(20)8-7-16(15)19/h3-9,20H,10-11H2,1-2H3. The molecule has 4 heteroatoms. The molecule has 0 unspecified atom stereocenters. The molecule has 1 aromatic heterocycles. The molecule has 0 saturated heterocycles. The Morgan fingerprint density at radius 2 is 1.78 bits per heavy atom. The Hall–Kier alpha value is -2.20. The molecule has 1 heterocycles. The van der Waals surface area contributed by atoms with Crippen LogP contribution in [0.15, 0.2) is 51.7 Å². The number of aromatic hydroxyl groups is 1. The van der Waals surface area contributed by atoms with Gasteiger partial charge in [0.1, 0.15) is 11.3 Å². The molecule has 0 amide bonds. The fourth-order valence-corrected chi connectivity index (χ4v) is 3.68. The maximum absolute atomic E-state index is 11.8. The lowest BCUT2D eigenvalue weighted by atomic mass is 10.1. The van der Waals surface area contributed by atoms with Crippen molar-refractivity contribution in [1.29, 1.82) is 0 Å². The lowest BCUT2D eigenvalue weighted by molar-refractivity contribution is 0.468. The second-order valence-corrected chi connectivity index (χ2v) is 6.58. The van der Waals surface area contributed by atoms with Gasteiger partial charge in [-0.3, -0.25) is 0 Å². The zero-order valence-electron chi connectivity index (χ0n) is 13.1. The SMILES string of the molecule is Cc1ccccc1CSCc1cc(=O)oc2c(C)c(O)ccc12. The van der Waals surface area contributed by atoms with Crippen LogP contribution in [-0.4, -0.2) is 5.11 Å². The van der Waals surface area contributed by atoms with Crippen molar-refractivity contribution in [2.45, 2.75) is 25.4 Å². The zero-order valence-corrected chi connectivity index (χ0v) is 13.9. The van der Waals surface area contributed by atoms with E-state index in [1.165, 1.54) is 11.1 Å². The van der Waals surface area contributed by atoms with E-state index in [1.807, 2.05) is 18.2 Å². The molecule has 0 radical (unpaired) electrons. The Balaban J connectivity index is 1.87. The van der Waals surface area contributed by atoms with E-state index in [4.69, 9.17) is 4.42 Å². The molecule has 0 atom stereocenters. The van der Waals surface area contributed by atoms with Crippen molar-refractivity contribution in [3.63, 3.8) is 0 Å². The smallest absolute Gasteiger partial charge is 0.336 e. The first-order valence-electron chi connectivity index (χ1n) is 7.44. The van der Waals surface area contributed by atoms with Crippen molar-refractivity contribution in [2.75, 3.05) is 0 Å². The molecular weight excluding hydrogens is 308 g/mol. The molecule has 23 heavy (non-hydrogen) atoms. The third-order valence-corrected chi connectivity index (χ3v) is 5.02. The molecule has 0 saturated carbocycles. The summed E-state index contributed by atoms with van der Waals surface area (Å²) in [5.41, 5.74) is 4.22. The first kappa shape index (κ1) is 15.7. The van der Waals surface area contributed by atoms with E-state index in [-0.39, 0.29) is 11.4 Å². The summed E-state index contributed by atoms with van der Waals surface area (Å²) in [6, 6.07) is 13.3. The number of benzene rings is 2.